The van der Waals surface area contributed by atoms with Crippen LogP contribution in [0, 0.1) is 0 Å². The molecule has 23 nitrogen and oxygen atoms in total. The van der Waals surface area contributed by atoms with E-state index in [4.69, 9.17) is 28.4 Å². The summed E-state index contributed by atoms with van der Waals surface area (Å²) in [5, 5.41) is 136. The van der Waals surface area contributed by atoms with E-state index in [2.05, 4.69) is 24.5 Å². The largest absolute Gasteiger partial charge is 0.477 e. The number of nitrogens with one attached hydrogen (secondary N) is 2. The van der Waals surface area contributed by atoms with E-state index in [-0.39, 0.29) is 18.9 Å². The normalized spacial score (nSPS) is 30.1. The number of carboxylic acids is 1. The third-order valence-electron chi connectivity index (χ3n) is 16.3. The van der Waals surface area contributed by atoms with Gasteiger partial charge in [-0.1, -0.05) is 187 Å². The summed E-state index contributed by atoms with van der Waals surface area (Å²) >= 11 is 0. The van der Waals surface area contributed by atoms with Gasteiger partial charge in [-0.05, 0) is 12.8 Å². The number of aliphatic hydroxyl groups excluding tert-OH is 11. The van der Waals surface area contributed by atoms with Gasteiger partial charge < -0.3 is 100 Å². The first-order chi connectivity index (χ1) is 39.4. The molecule has 0 radical (unpaired) electrons. The number of carbonyl (C=O) groups is 3. The summed E-state index contributed by atoms with van der Waals surface area (Å²) in [6.07, 6.45) is 4.09. The summed E-state index contributed by atoms with van der Waals surface area (Å²) in [7, 11) is 0. The highest BCUT2D eigenvalue weighted by molar-refractivity contribution is 5.77. The van der Waals surface area contributed by atoms with Gasteiger partial charge in [0.05, 0.1) is 50.7 Å². The Hall–Kier alpha value is -2.27. The molecule has 0 aromatic heterocycles. The topological polar surface area (TPSA) is 373 Å². The number of carboxylic acid groups (broad SMARTS) is 1. The van der Waals surface area contributed by atoms with Crippen molar-refractivity contribution in [2.45, 2.75) is 330 Å². The van der Waals surface area contributed by atoms with Crippen molar-refractivity contribution >= 4 is 17.8 Å². The molecule has 2 amide bonds. The molecule has 23 heteroatoms. The number of hydrogen-bond acceptors (Lipinski definition) is 20. The molecule has 0 aromatic rings. The van der Waals surface area contributed by atoms with Crippen LogP contribution in [-0.2, 0) is 42.8 Å². The van der Waals surface area contributed by atoms with Crippen molar-refractivity contribution in [3.63, 3.8) is 0 Å². The molecule has 3 heterocycles. The average molecular weight is 1180 g/mol. The van der Waals surface area contributed by atoms with Gasteiger partial charge in [0.25, 0.3) is 5.79 Å². The molecule has 1 unspecified atom stereocenters. The number of ether oxygens (including phenoxy) is 6. The maximum atomic E-state index is 13.4. The van der Waals surface area contributed by atoms with Crippen LogP contribution in [0.4, 0.5) is 0 Å². The zero-order valence-corrected chi connectivity index (χ0v) is 49.6. The lowest BCUT2D eigenvalue weighted by Crippen LogP contribution is -2.70. The maximum Gasteiger partial charge on any atom is 0.364 e. The summed E-state index contributed by atoms with van der Waals surface area (Å²) in [6.45, 7) is 2.18. The minimum Gasteiger partial charge on any atom is -0.477 e. The fourth-order valence-electron chi connectivity index (χ4n) is 11.2. The monoisotopic (exact) mass is 1180 g/mol. The summed E-state index contributed by atoms with van der Waals surface area (Å²) in [6, 6.07) is -2.52. The van der Waals surface area contributed by atoms with E-state index in [1.165, 1.54) is 116 Å². The molecule has 0 aromatic carbocycles. The van der Waals surface area contributed by atoms with E-state index < -0.39 is 148 Å². The van der Waals surface area contributed by atoms with Crippen LogP contribution in [0.1, 0.15) is 220 Å². The van der Waals surface area contributed by atoms with Gasteiger partial charge in [-0.15, -0.1) is 0 Å². The Morgan fingerprint density at radius 3 is 1.52 bits per heavy atom. The first-order valence-corrected chi connectivity index (χ1v) is 31.4. The predicted octanol–water partition coefficient (Wildman–Crippen LogP) is 3.39. The Morgan fingerprint density at radius 1 is 0.585 bits per heavy atom. The molecule has 18 atom stereocenters. The zero-order valence-electron chi connectivity index (χ0n) is 49.6. The Bertz CT molecular complexity index is 1690. The van der Waals surface area contributed by atoms with Gasteiger partial charge in [0, 0.05) is 19.8 Å². The van der Waals surface area contributed by atoms with Crippen molar-refractivity contribution < 1.29 is 104 Å². The molecule has 0 aliphatic carbocycles. The molecule has 82 heavy (non-hydrogen) atoms. The lowest BCUT2D eigenvalue weighted by molar-refractivity contribution is -0.386. The van der Waals surface area contributed by atoms with E-state index in [0.717, 1.165) is 58.3 Å². The first kappa shape index (κ1) is 74.0. The predicted molar refractivity (Wildman–Crippen MR) is 302 cm³/mol. The third kappa shape index (κ3) is 25.6. The van der Waals surface area contributed by atoms with Gasteiger partial charge in [0.15, 0.2) is 12.6 Å². The molecule has 3 saturated heterocycles. The number of unbranched alkanes of at least 4 members (excludes halogenated alkanes) is 26. The summed E-state index contributed by atoms with van der Waals surface area (Å²) in [5.74, 6) is -6.10. The van der Waals surface area contributed by atoms with E-state index in [9.17, 15) is 75.7 Å². The molecule has 3 aliphatic heterocycles. The van der Waals surface area contributed by atoms with Crippen LogP contribution in [0.15, 0.2) is 0 Å². The highest BCUT2D eigenvalue weighted by Crippen LogP contribution is 2.38. The van der Waals surface area contributed by atoms with Gasteiger partial charge in [-0.3, -0.25) is 9.59 Å². The number of hydrogen-bond donors (Lipinski definition) is 14. The van der Waals surface area contributed by atoms with E-state index >= 15 is 0 Å². The molecule has 3 fully saturated rings. The van der Waals surface area contributed by atoms with E-state index in [0.29, 0.717) is 19.3 Å². The zero-order chi connectivity index (χ0) is 60.5. The second kappa shape index (κ2) is 41.8. The number of aliphatic hydroxyl groups is 11. The van der Waals surface area contributed by atoms with Gasteiger partial charge >= 0.3 is 5.97 Å². The van der Waals surface area contributed by atoms with Crippen molar-refractivity contribution in [1.29, 1.82) is 0 Å². The van der Waals surface area contributed by atoms with E-state index in [1.807, 2.05) is 0 Å². The van der Waals surface area contributed by atoms with Gasteiger partial charge in [-0.2, -0.15) is 0 Å². The Labute approximate surface area is 487 Å². The van der Waals surface area contributed by atoms with Gasteiger partial charge in [-0.25, -0.2) is 4.79 Å². The summed E-state index contributed by atoms with van der Waals surface area (Å²) < 4.78 is 34.7. The number of carbonyl (C=O) groups excluding carboxylic acids is 2. The average Bonchev–Trinajstić information content (AvgIpc) is 3.03. The minimum absolute atomic E-state index is 0.228. The van der Waals surface area contributed by atoms with Gasteiger partial charge in [0.1, 0.15) is 67.1 Å². The highest BCUT2D eigenvalue weighted by atomic mass is 16.8. The van der Waals surface area contributed by atoms with Crippen LogP contribution in [0.2, 0.25) is 0 Å². The van der Waals surface area contributed by atoms with Crippen molar-refractivity contribution in [2.24, 2.45) is 0 Å². The number of rotatable bonds is 46. The SMILES string of the molecule is CCCCCCCCCCCCCCCCCC(=O)N[C@@H](CO[C@@H]1O[C@H](CO)[C@@H](O[C@@H]2O[C@H](CO)[C@H](O)[C@H](O[C@]3(C(=O)O)C[C@H](O)[C@@H](NC(C)=O)C([C@H](O)[C@H](O)CO)O3)[C@H]2O)[C@H](O)[C@H]1O)[C@H](O)CCCCCCCCCCCCCCC. The van der Waals surface area contributed by atoms with Crippen molar-refractivity contribution in [3.05, 3.63) is 0 Å². The lowest BCUT2D eigenvalue weighted by atomic mass is 9.88. The Morgan fingerprint density at radius 2 is 1.06 bits per heavy atom. The smallest absolute Gasteiger partial charge is 0.364 e. The number of amides is 2. The van der Waals surface area contributed by atoms with E-state index in [1.54, 1.807) is 0 Å². The second-order valence-corrected chi connectivity index (χ2v) is 23.3. The van der Waals surface area contributed by atoms with Gasteiger partial charge in [0.2, 0.25) is 11.8 Å². The fourth-order valence-corrected chi connectivity index (χ4v) is 11.2. The summed E-state index contributed by atoms with van der Waals surface area (Å²) in [4.78, 5) is 38.4. The summed E-state index contributed by atoms with van der Waals surface area (Å²) in [5.41, 5.74) is 0. The van der Waals surface area contributed by atoms with Crippen molar-refractivity contribution in [2.75, 3.05) is 26.4 Å². The molecule has 0 spiro atoms. The van der Waals surface area contributed by atoms with Crippen LogP contribution in [-0.4, -0.2) is 215 Å². The second-order valence-electron chi connectivity index (χ2n) is 23.3. The maximum absolute atomic E-state index is 13.4. The van der Waals surface area contributed by atoms with Crippen molar-refractivity contribution in [1.82, 2.24) is 10.6 Å². The van der Waals surface area contributed by atoms with Crippen LogP contribution in [0.25, 0.3) is 0 Å². The molecule has 3 rings (SSSR count). The minimum atomic E-state index is -3.07. The molecular weight excluding hydrogens is 1070 g/mol. The standard InChI is InChI=1S/C59H110N2O21/c1-4-6-8-10-12-14-16-18-19-21-23-25-27-29-31-33-46(69)61-40(41(66)32-30-28-26-24-22-20-17-15-13-11-9-7-5-2)38-77-56-51(73)50(72)53(45(37-64)79-56)80-57-52(74)55(49(71)44(36-63)78-57)82-59(58(75)76)34-42(67)47(60-39(3)65)54(81-59)48(70)43(68)35-62/h40-45,47-57,62-64,66-68,70-74H,4-38H2,1-3H3,(H,60,65)(H,61,69)(H,75,76)/t40-,41+,42-,43+,44+,45+,47+,48+,49-,50+,51+,52+,53+,54?,55-,56+,57-,59-/m0/s1. The third-order valence-corrected chi connectivity index (χ3v) is 16.3. The van der Waals surface area contributed by atoms with Crippen LogP contribution < -0.4 is 10.6 Å². The quantitative estimate of drug-likeness (QED) is 0.0388. The van der Waals surface area contributed by atoms with Crippen LogP contribution in [0.5, 0.6) is 0 Å². The first-order valence-electron chi connectivity index (χ1n) is 31.4. The van der Waals surface area contributed by atoms with Crippen LogP contribution >= 0.6 is 0 Å². The lowest BCUT2D eigenvalue weighted by Gasteiger charge is -2.50. The molecular formula is C59H110N2O21. The molecule has 0 saturated carbocycles. The number of aliphatic carboxylic acids is 1. The molecule has 14 N–H and O–H groups in total. The highest BCUT2D eigenvalue weighted by Gasteiger charge is 2.60. The molecule has 482 valence electrons. The Kier molecular flexibility index (Phi) is 37.7. The van der Waals surface area contributed by atoms with Crippen LogP contribution in [0.3, 0.4) is 0 Å². The Balaban J connectivity index is 1.65. The molecule has 0 bridgehead atoms. The van der Waals surface area contributed by atoms with Crippen molar-refractivity contribution in [3.8, 4) is 0 Å². The fraction of sp³-hybridized carbons (Fsp3) is 0.949. The molecule has 3 aliphatic rings.